The molecule has 0 bridgehead atoms. The number of hydrogen-bond donors (Lipinski definition) is 0. The van der Waals surface area contributed by atoms with Crippen molar-refractivity contribution >= 4 is 11.3 Å². The van der Waals surface area contributed by atoms with Gasteiger partial charge in [-0.2, -0.15) is 5.10 Å². The van der Waals surface area contributed by atoms with Crippen molar-refractivity contribution in [3.8, 4) is 21.1 Å². The smallest absolute Gasteiger partial charge is 0.124 e. The van der Waals surface area contributed by atoms with Crippen LogP contribution in [0.1, 0.15) is 5.69 Å². The van der Waals surface area contributed by atoms with Gasteiger partial charge in [0.25, 0.3) is 0 Å². The topological polar surface area (TPSA) is 30.7 Å². The van der Waals surface area contributed by atoms with Gasteiger partial charge in [0.2, 0.25) is 0 Å². The Balaban J connectivity index is 2.10. The summed E-state index contributed by atoms with van der Waals surface area (Å²) in [5, 5.41) is 5.27. The lowest BCUT2D eigenvalue weighted by atomic mass is 10.2. The van der Waals surface area contributed by atoms with Crippen LogP contribution in [0.2, 0.25) is 0 Å². The molecule has 90 valence electrons. The van der Waals surface area contributed by atoms with E-state index in [0.29, 0.717) is 0 Å². The Hall–Kier alpha value is -1.94. The normalized spacial score (nSPS) is 10.8. The molecular formula is C14H13N3S. The molecule has 0 spiro atoms. The van der Waals surface area contributed by atoms with E-state index in [0.717, 1.165) is 16.4 Å². The Morgan fingerprint density at radius 2 is 1.89 bits per heavy atom. The van der Waals surface area contributed by atoms with Gasteiger partial charge in [0.15, 0.2) is 0 Å². The van der Waals surface area contributed by atoms with E-state index in [-0.39, 0.29) is 0 Å². The van der Waals surface area contributed by atoms with E-state index in [4.69, 9.17) is 0 Å². The molecule has 0 saturated carbocycles. The third-order valence-corrected chi connectivity index (χ3v) is 4.10. The fraction of sp³-hybridized carbons (Fsp3) is 0.143. The average molecular weight is 255 g/mol. The van der Waals surface area contributed by atoms with Crippen molar-refractivity contribution in [3.63, 3.8) is 0 Å². The van der Waals surface area contributed by atoms with Gasteiger partial charge in [-0.05, 0) is 13.0 Å². The molecule has 2 aromatic heterocycles. The summed E-state index contributed by atoms with van der Waals surface area (Å²) in [6.07, 6.45) is 1.82. The van der Waals surface area contributed by atoms with E-state index in [1.807, 2.05) is 49.1 Å². The Bertz CT molecular complexity index is 667. The highest BCUT2D eigenvalue weighted by Gasteiger charge is 2.13. The Morgan fingerprint density at radius 1 is 1.11 bits per heavy atom. The standard InChI is InChI=1S/C14H13N3S/c1-10-13(12-8-9-15-17(12)2)18-14(16-10)11-6-4-3-5-7-11/h3-9H,1-2H3. The molecule has 3 nitrogen and oxygen atoms in total. The summed E-state index contributed by atoms with van der Waals surface area (Å²) in [6, 6.07) is 12.3. The molecule has 0 aliphatic heterocycles. The minimum Gasteiger partial charge on any atom is -0.267 e. The molecule has 3 aromatic rings. The first kappa shape index (κ1) is 11.2. The Kier molecular flexibility index (Phi) is 2.72. The van der Waals surface area contributed by atoms with Crippen LogP contribution in [0.25, 0.3) is 21.1 Å². The second kappa shape index (κ2) is 4.38. The van der Waals surface area contributed by atoms with Crippen LogP contribution >= 0.6 is 11.3 Å². The summed E-state index contributed by atoms with van der Waals surface area (Å²) < 4.78 is 1.88. The second-order valence-electron chi connectivity index (χ2n) is 4.14. The van der Waals surface area contributed by atoms with Crippen LogP contribution in [-0.4, -0.2) is 14.8 Å². The lowest BCUT2D eigenvalue weighted by Crippen LogP contribution is -1.92. The zero-order valence-corrected chi connectivity index (χ0v) is 11.1. The highest BCUT2D eigenvalue weighted by atomic mass is 32.1. The largest absolute Gasteiger partial charge is 0.267 e. The van der Waals surface area contributed by atoms with Gasteiger partial charge in [0.1, 0.15) is 5.01 Å². The molecule has 0 atom stereocenters. The van der Waals surface area contributed by atoms with E-state index in [1.165, 1.54) is 10.4 Å². The summed E-state index contributed by atoms with van der Waals surface area (Å²) in [4.78, 5) is 5.84. The van der Waals surface area contributed by atoms with E-state index < -0.39 is 0 Å². The predicted octanol–water partition coefficient (Wildman–Crippen LogP) is 3.52. The SMILES string of the molecule is Cc1nc(-c2ccccc2)sc1-c1ccnn1C. The lowest BCUT2D eigenvalue weighted by Gasteiger charge is -1.98. The molecule has 0 radical (unpaired) electrons. The fourth-order valence-electron chi connectivity index (χ4n) is 1.93. The number of benzene rings is 1. The molecule has 0 aliphatic carbocycles. The van der Waals surface area contributed by atoms with Gasteiger partial charge < -0.3 is 0 Å². The van der Waals surface area contributed by atoms with Crippen molar-refractivity contribution in [2.45, 2.75) is 6.92 Å². The molecule has 0 aliphatic rings. The molecule has 4 heteroatoms. The highest BCUT2D eigenvalue weighted by Crippen LogP contribution is 2.34. The van der Waals surface area contributed by atoms with Crippen molar-refractivity contribution < 1.29 is 0 Å². The lowest BCUT2D eigenvalue weighted by molar-refractivity contribution is 0.776. The molecule has 18 heavy (non-hydrogen) atoms. The average Bonchev–Trinajstić information content (AvgIpc) is 2.96. The number of hydrogen-bond acceptors (Lipinski definition) is 3. The number of nitrogens with zero attached hydrogens (tertiary/aromatic N) is 3. The Morgan fingerprint density at radius 3 is 2.56 bits per heavy atom. The minimum absolute atomic E-state index is 1.06. The minimum atomic E-state index is 1.06. The van der Waals surface area contributed by atoms with Gasteiger partial charge in [0.05, 0.1) is 16.3 Å². The first-order valence-electron chi connectivity index (χ1n) is 5.77. The molecule has 0 unspecified atom stereocenters. The van der Waals surface area contributed by atoms with Gasteiger partial charge in [-0.3, -0.25) is 4.68 Å². The molecule has 0 amide bonds. The highest BCUT2D eigenvalue weighted by molar-refractivity contribution is 7.18. The fourth-order valence-corrected chi connectivity index (χ4v) is 3.06. The molecule has 3 rings (SSSR count). The molecule has 0 fully saturated rings. The molecule has 0 saturated heterocycles. The summed E-state index contributed by atoms with van der Waals surface area (Å²) in [6.45, 7) is 2.05. The molecular weight excluding hydrogens is 242 g/mol. The monoisotopic (exact) mass is 255 g/mol. The van der Waals surface area contributed by atoms with Gasteiger partial charge in [-0.15, -0.1) is 11.3 Å². The van der Waals surface area contributed by atoms with Crippen LogP contribution in [0.4, 0.5) is 0 Å². The summed E-state index contributed by atoms with van der Waals surface area (Å²) in [5.74, 6) is 0. The molecule has 1 aromatic carbocycles. The van der Waals surface area contributed by atoms with E-state index in [9.17, 15) is 0 Å². The van der Waals surface area contributed by atoms with Crippen molar-refractivity contribution in [1.82, 2.24) is 14.8 Å². The van der Waals surface area contributed by atoms with E-state index in [2.05, 4.69) is 22.2 Å². The molecule has 0 N–H and O–H groups in total. The quantitative estimate of drug-likeness (QED) is 0.701. The third-order valence-electron chi connectivity index (χ3n) is 2.87. The van der Waals surface area contributed by atoms with E-state index >= 15 is 0 Å². The van der Waals surface area contributed by atoms with Crippen LogP contribution in [0.3, 0.4) is 0 Å². The number of aromatic nitrogens is 3. The van der Waals surface area contributed by atoms with Crippen LogP contribution < -0.4 is 0 Å². The zero-order chi connectivity index (χ0) is 12.5. The maximum atomic E-state index is 4.66. The van der Waals surface area contributed by atoms with Crippen LogP contribution in [0.15, 0.2) is 42.6 Å². The number of aryl methyl sites for hydroxylation is 2. The van der Waals surface area contributed by atoms with Crippen molar-refractivity contribution in [2.75, 3.05) is 0 Å². The number of thiazole rings is 1. The maximum absolute atomic E-state index is 4.66. The van der Waals surface area contributed by atoms with Gasteiger partial charge in [-0.25, -0.2) is 4.98 Å². The van der Waals surface area contributed by atoms with E-state index in [1.54, 1.807) is 11.3 Å². The van der Waals surface area contributed by atoms with Crippen LogP contribution in [-0.2, 0) is 7.05 Å². The summed E-state index contributed by atoms with van der Waals surface area (Å²) in [5.41, 5.74) is 3.34. The van der Waals surface area contributed by atoms with Gasteiger partial charge in [0, 0.05) is 18.8 Å². The van der Waals surface area contributed by atoms with Crippen molar-refractivity contribution in [2.24, 2.45) is 7.05 Å². The summed E-state index contributed by atoms with van der Waals surface area (Å²) >= 11 is 1.71. The number of rotatable bonds is 2. The van der Waals surface area contributed by atoms with Crippen LogP contribution in [0.5, 0.6) is 0 Å². The van der Waals surface area contributed by atoms with Crippen molar-refractivity contribution in [3.05, 3.63) is 48.3 Å². The maximum Gasteiger partial charge on any atom is 0.124 e. The third kappa shape index (κ3) is 1.84. The first-order chi connectivity index (χ1) is 8.75. The van der Waals surface area contributed by atoms with Gasteiger partial charge >= 0.3 is 0 Å². The second-order valence-corrected chi connectivity index (χ2v) is 5.14. The van der Waals surface area contributed by atoms with Crippen LogP contribution in [0, 0.1) is 6.92 Å². The first-order valence-corrected chi connectivity index (χ1v) is 6.58. The molecule has 2 heterocycles. The predicted molar refractivity (Wildman–Crippen MR) is 74.5 cm³/mol. The van der Waals surface area contributed by atoms with Gasteiger partial charge in [-0.1, -0.05) is 30.3 Å². The van der Waals surface area contributed by atoms with Crippen molar-refractivity contribution in [1.29, 1.82) is 0 Å². The Labute approximate surface area is 110 Å². The summed E-state index contributed by atoms with van der Waals surface area (Å²) in [7, 11) is 1.96. The zero-order valence-electron chi connectivity index (χ0n) is 10.3.